The van der Waals surface area contributed by atoms with Crippen LogP contribution >= 0.6 is 23.4 Å². The number of amides is 1. The number of fused-ring (bicyclic) bond motifs is 1. The van der Waals surface area contributed by atoms with E-state index in [9.17, 15) is 13.2 Å². The van der Waals surface area contributed by atoms with Gasteiger partial charge in [0.2, 0.25) is 15.9 Å². The number of carbonyl (C=O) groups excluding carboxylic acids is 1. The van der Waals surface area contributed by atoms with Crippen molar-refractivity contribution in [2.45, 2.75) is 17.7 Å². The van der Waals surface area contributed by atoms with Crippen molar-refractivity contribution in [3.63, 3.8) is 0 Å². The van der Waals surface area contributed by atoms with Crippen molar-refractivity contribution >= 4 is 45.0 Å². The lowest BCUT2D eigenvalue weighted by molar-refractivity contribution is -0.123. The molecular weight excluding hydrogens is 356 g/mol. The van der Waals surface area contributed by atoms with Crippen molar-refractivity contribution in [1.82, 2.24) is 4.31 Å². The quantitative estimate of drug-likeness (QED) is 0.797. The first-order valence-electron chi connectivity index (χ1n) is 7.55. The summed E-state index contributed by atoms with van der Waals surface area (Å²) in [5, 5.41) is 0.602. The number of sulfonamides is 1. The van der Waals surface area contributed by atoms with E-state index in [-0.39, 0.29) is 18.4 Å². The van der Waals surface area contributed by atoms with Gasteiger partial charge < -0.3 is 4.90 Å². The summed E-state index contributed by atoms with van der Waals surface area (Å²) >= 11 is 7.79. The Bertz CT molecular complexity index is 723. The molecule has 0 bridgehead atoms. The molecule has 0 unspecified atom stereocenters. The zero-order valence-electron chi connectivity index (χ0n) is 12.9. The molecule has 0 N–H and O–H groups in total. The molecule has 2 aliphatic rings. The summed E-state index contributed by atoms with van der Waals surface area (Å²) in [6, 6.07) is 5.58. The Morgan fingerprint density at radius 1 is 1.35 bits per heavy atom. The fourth-order valence-corrected chi connectivity index (χ4v) is 5.14. The highest BCUT2D eigenvalue weighted by Gasteiger charge is 2.34. The molecule has 3 rings (SSSR count). The van der Waals surface area contributed by atoms with Crippen molar-refractivity contribution in [2.75, 3.05) is 36.5 Å². The third kappa shape index (κ3) is 3.68. The number of rotatable bonds is 2. The molecule has 2 heterocycles. The molecule has 1 atom stereocenters. The van der Waals surface area contributed by atoms with Gasteiger partial charge in [0, 0.05) is 35.3 Å². The van der Waals surface area contributed by atoms with Gasteiger partial charge in [-0.25, -0.2) is 12.7 Å². The van der Waals surface area contributed by atoms with Crippen molar-refractivity contribution < 1.29 is 13.2 Å². The molecule has 5 nitrogen and oxygen atoms in total. The number of hydrogen-bond donors (Lipinski definition) is 0. The second-order valence-corrected chi connectivity index (χ2v) is 9.47. The molecule has 1 aromatic rings. The van der Waals surface area contributed by atoms with Crippen LogP contribution in [0, 0.1) is 5.92 Å². The molecule has 0 radical (unpaired) electrons. The fraction of sp³-hybridized carbons (Fsp3) is 0.533. The first-order valence-corrected chi connectivity index (χ1v) is 10.8. The lowest BCUT2D eigenvalue weighted by Gasteiger charge is -2.36. The summed E-state index contributed by atoms with van der Waals surface area (Å²) in [7, 11) is -3.25. The van der Waals surface area contributed by atoms with Crippen molar-refractivity contribution in [1.29, 1.82) is 0 Å². The molecule has 1 aromatic carbocycles. The summed E-state index contributed by atoms with van der Waals surface area (Å²) in [5.74, 6) is 0.554. The Morgan fingerprint density at radius 2 is 2.13 bits per heavy atom. The van der Waals surface area contributed by atoms with Crippen molar-refractivity contribution in [3.8, 4) is 0 Å². The first-order chi connectivity index (χ1) is 10.9. The number of thioether (sulfide) groups is 1. The van der Waals surface area contributed by atoms with E-state index in [0.717, 1.165) is 22.8 Å². The Balaban J connectivity index is 1.83. The average molecular weight is 375 g/mol. The largest absolute Gasteiger partial charge is 0.310 e. The van der Waals surface area contributed by atoms with Crippen LogP contribution < -0.4 is 4.90 Å². The third-order valence-electron chi connectivity index (χ3n) is 4.25. The van der Waals surface area contributed by atoms with E-state index in [2.05, 4.69) is 0 Å². The maximum atomic E-state index is 13.0. The van der Waals surface area contributed by atoms with Gasteiger partial charge in [0.1, 0.15) is 0 Å². The summed E-state index contributed by atoms with van der Waals surface area (Å²) in [5.41, 5.74) is 0.843. The molecule has 0 aromatic heterocycles. The normalized spacial score (nSPS) is 22.7. The van der Waals surface area contributed by atoms with E-state index in [4.69, 9.17) is 11.6 Å². The Kier molecular flexibility index (Phi) is 4.92. The van der Waals surface area contributed by atoms with Crippen LogP contribution in [0.3, 0.4) is 0 Å². The predicted molar refractivity (Wildman–Crippen MR) is 93.7 cm³/mol. The number of benzene rings is 1. The molecule has 0 saturated carbocycles. The molecular formula is C15H19ClN2O3S2. The molecule has 0 aliphatic carbocycles. The van der Waals surface area contributed by atoms with Gasteiger partial charge in [-0.1, -0.05) is 11.6 Å². The minimum absolute atomic E-state index is 0.00201. The van der Waals surface area contributed by atoms with E-state index in [1.54, 1.807) is 16.7 Å². The molecule has 23 heavy (non-hydrogen) atoms. The summed E-state index contributed by atoms with van der Waals surface area (Å²) in [6.45, 7) is 1.41. The molecule has 126 valence electrons. The van der Waals surface area contributed by atoms with Gasteiger partial charge in [-0.05, 0) is 31.0 Å². The summed E-state index contributed by atoms with van der Waals surface area (Å²) in [4.78, 5) is 15.8. The first kappa shape index (κ1) is 17.1. The van der Waals surface area contributed by atoms with Crippen LogP contribution in [0.25, 0.3) is 0 Å². The van der Waals surface area contributed by atoms with Crippen LogP contribution in [0.2, 0.25) is 5.02 Å². The van der Waals surface area contributed by atoms with Crippen LogP contribution in [-0.2, 0) is 14.8 Å². The van der Waals surface area contributed by atoms with Gasteiger partial charge in [0.05, 0.1) is 17.9 Å². The van der Waals surface area contributed by atoms with Gasteiger partial charge >= 0.3 is 0 Å². The van der Waals surface area contributed by atoms with Gasteiger partial charge in [0.15, 0.2) is 0 Å². The molecule has 1 amide bonds. The minimum atomic E-state index is -3.25. The standard InChI is InChI=1S/C15H19ClN2O3S2/c1-23(20,21)17-6-2-3-11(10-17)15(19)18-7-8-22-14-5-4-12(16)9-13(14)18/h4-5,9,11H,2-3,6-8,10H2,1H3/t11-/m1/s1. The molecule has 2 aliphatic heterocycles. The van der Waals surface area contributed by atoms with Crippen LogP contribution in [-0.4, -0.2) is 50.3 Å². The highest BCUT2D eigenvalue weighted by Crippen LogP contribution is 2.37. The van der Waals surface area contributed by atoms with Gasteiger partial charge in [-0.3, -0.25) is 4.79 Å². The van der Waals surface area contributed by atoms with Crippen LogP contribution in [0.4, 0.5) is 5.69 Å². The van der Waals surface area contributed by atoms with Gasteiger partial charge in [-0.15, -0.1) is 11.8 Å². The smallest absolute Gasteiger partial charge is 0.231 e. The predicted octanol–water partition coefficient (Wildman–Crippen LogP) is 2.45. The Morgan fingerprint density at radius 3 is 2.87 bits per heavy atom. The highest BCUT2D eigenvalue weighted by molar-refractivity contribution is 7.99. The zero-order valence-corrected chi connectivity index (χ0v) is 15.3. The van der Waals surface area contributed by atoms with Crippen molar-refractivity contribution in [3.05, 3.63) is 23.2 Å². The number of nitrogens with zero attached hydrogens (tertiary/aromatic N) is 2. The molecule has 8 heteroatoms. The van der Waals surface area contributed by atoms with Gasteiger partial charge in [-0.2, -0.15) is 0 Å². The van der Waals surface area contributed by atoms with E-state index in [0.29, 0.717) is 24.5 Å². The summed E-state index contributed by atoms with van der Waals surface area (Å²) < 4.78 is 24.9. The van der Waals surface area contributed by atoms with Crippen LogP contribution in [0.15, 0.2) is 23.1 Å². The van der Waals surface area contributed by atoms with E-state index >= 15 is 0 Å². The maximum Gasteiger partial charge on any atom is 0.231 e. The minimum Gasteiger partial charge on any atom is -0.310 e. The highest BCUT2D eigenvalue weighted by atomic mass is 35.5. The van der Waals surface area contributed by atoms with E-state index < -0.39 is 10.0 Å². The number of anilines is 1. The Hall–Kier alpha value is -0.760. The van der Waals surface area contributed by atoms with Crippen molar-refractivity contribution in [2.24, 2.45) is 5.92 Å². The van der Waals surface area contributed by atoms with E-state index in [1.165, 1.54) is 10.6 Å². The van der Waals surface area contributed by atoms with Crippen LogP contribution in [0.1, 0.15) is 12.8 Å². The Labute approximate surface area is 146 Å². The fourth-order valence-electron chi connectivity index (χ4n) is 3.09. The number of piperidine rings is 1. The lowest BCUT2D eigenvalue weighted by atomic mass is 9.97. The zero-order chi connectivity index (χ0) is 16.6. The average Bonchev–Trinajstić information content (AvgIpc) is 2.53. The SMILES string of the molecule is CS(=O)(=O)N1CCC[C@@H](C(=O)N2CCSc3ccc(Cl)cc32)C1. The second-order valence-electron chi connectivity index (χ2n) is 5.91. The molecule has 1 saturated heterocycles. The third-order valence-corrected chi connectivity index (χ3v) is 6.80. The molecule has 1 fully saturated rings. The number of hydrogen-bond acceptors (Lipinski definition) is 4. The number of halogens is 1. The lowest BCUT2D eigenvalue weighted by Crippen LogP contribution is -2.47. The maximum absolute atomic E-state index is 13.0. The molecule has 0 spiro atoms. The van der Waals surface area contributed by atoms with Crippen LogP contribution in [0.5, 0.6) is 0 Å². The van der Waals surface area contributed by atoms with Gasteiger partial charge in [0.25, 0.3) is 0 Å². The monoisotopic (exact) mass is 374 g/mol. The topological polar surface area (TPSA) is 57.7 Å². The number of carbonyl (C=O) groups is 1. The second kappa shape index (κ2) is 6.63. The van der Waals surface area contributed by atoms with E-state index in [1.807, 2.05) is 18.2 Å². The summed E-state index contributed by atoms with van der Waals surface area (Å²) in [6.07, 6.45) is 2.64.